The number of methoxy groups -OCH3 is 1. The zero-order valence-electron chi connectivity index (χ0n) is 11.8. The average Bonchev–Trinajstić information content (AvgIpc) is 2.37. The van der Waals surface area contributed by atoms with E-state index in [0.717, 1.165) is 11.6 Å². The van der Waals surface area contributed by atoms with E-state index < -0.39 is 15.7 Å². The Labute approximate surface area is 123 Å². The standard InChI is InChI=1S/C15H16FNO3S/c1-10-3-6-15(13(17)7-10)21(18,19)9-11-4-5-14(20-2)12(16)8-11/h3-8H,9,17H2,1-2H3. The van der Waals surface area contributed by atoms with E-state index in [1.807, 2.05) is 6.92 Å². The fourth-order valence-corrected chi connectivity index (χ4v) is 3.52. The number of benzene rings is 2. The number of rotatable bonds is 4. The predicted octanol–water partition coefficient (Wildman–Crippen LogP) is 2.70. The van der Waals surface area contributed by atoms with Crippen LogP contribution in [0.1, 0.15) is 11.1 Å². The Kier molecular flexibility index (Phi) is 4.18. The number of sulfone groups is 1. The largest absolute Gasteiger partial charge is 0.494 e. The average molecular weight is 309 g/mol. The molecule has 2 N–H and O–H groups in total. The summed E-state index contributed by atoms with van der Waals surface area (Å²) in [5, 5.41) is 0. The molecule has 0 aliphatic heterocycles. The van der Waals surface area contributed by atoms with E-state index in [1.54, 1.807) is 12.1 Å². The lowest BCUT2D eigenvalue weighted by Gasteiger charge is -2.09. The normalized spacial score (nSPS) is 11.4. The molecule has 0 saturated carbocycles. The molecular weight excluding hydrogens is 293 g/mol. The molecule has 0 aromatic heterocycles. The molecule has 0 radical (unpaired) electrons. The summed E-state index contributed by atoms with van der Waals surface area (Å²) in [6.07, 6.45) is 0. The highest BCUT2D eigenvalue weighted by Gasteiger charge is 2.19. The number of hydrogen-bond acceptors (Lipinski definition) is 4. The van der Waals surface area contributed by atoms with Gasteiger partial charge in [-0.05, 0) is 42.3 Å². The SMILES string of the molecule is COc1ccc(CS(=O)(=O)c2ccc(C)cc2N)cc1F. The summed E-state index contributed by atoms with van der Waals surface area (Å²) in [4.78, 5) is 0.0596. The van der Waals surface area contributed by atoms with E-state index in [1.165, 1.54) is 25.3 Å². The second-order valence-corrected chi connectivity index (χ2v) is 6.73. The fraction of sp³-hybridized carbons (Fsp3) is 0.200. The van der Waals surface area contributed by atoms with Gasteiger partial charge in [-0.1, -0.05) is 12.1 Å². The van der Waals surface area contributed by atoms with Crippen molar-refractivity contribution in [3.8, 4) is 5.75 Å². The molecule has 6 heteroatoms. The van der Waals surface area contributed by atoms with Gasteiger partial charge >= 0.3 is 0 Å². The van der Waals surface area contributed by atoms with Crippen LogP contribution in [0.15, 0.2) is 41.3 Å². The monoisotopic (exact) mass is 309 g/mol. The Morgan fingerprint density at radius 1 is 1.19 bits per heavy atom. The second-order valence-electron chi connectivity index (χ2n) is 4.77. The molecule has 0 aliphatic carbocycles. The highest BCUT2D eigenvalue weighted by Crippen LogP contribution is 2.25. The van der Waals surface area contributed by atoms with Gasteiger partial charge in [-0.3, -0.25) is 0 Å². The number of ether oxygens (including phenoxy) is 1. The molecule has 0 amide bonds. The summed E-state index contributed by atoms with van der Waals surface area (Å²) < 4.78 is 43.1. The molecule has 112 valence electrons. The molecule has 0 unspecified atom stereocenters. The number of nitrogen functional groups attached to an aromatic ring is 1. The van der Waals surface area contributed by atoms with Crippen LogP contribution in [-0.2, 0) is 15.6 Å². The first kappa shape index (κ1) is 15.3. The van der Waals surface area contributed by atoms with Gasteiger partial charge in [0.25, 0.3) is 0 Å². The lowest BCUT2D eigenvalue weighted by molar-refractivity contribution is 0.386. The van der Waals surface area contributed by atoms with Crippen LogP contribution in [0.3, 0.4) is 0 Å². The zero-order valence-corrected chi connectivity index (χ0v) is 12.6. The highest BCUT2D eigenvalue weighted by atomic mass is 32.2. The number of anilines is 1. The van der Waals surface area contributed by atoms with Gasteiger partial charge in [-0.2, -0.15) is 0 Å². The lowest BCUT2D eigenvalue weighted by Crippen LogP contribution is -2.08. The van der Waals surface area contributed by atoms with Crippen molar-refractivity contribution < 1.29 is 17.5 Å². The van der Waals surface area contributed by atoms with Crippen molar-refractivity contribution in [3.05, 3.63) is 53.3 Å². The minimum Gasteiger partial charge on any atom is -0.494 e. The zero-order chi connectivity index (χ0) is 15.6. The third kappa shape index (κ3) is 3.33. The van der Waals surface area contributed by atoms with E-state index in [2.05, 4.69) is 0 Å². The molecule has 0 heterocycles. The summed E-state index contributed by atoms with van der Waals surface area (Å²) in [6, 6.07) is 8.82. The molecular formula is C15H16FNO3S. The highest BCUT2D eigenvalue weighted by molar-refractivity contribution is 7.90. The molecule has 2 aromatic rings. The van der Waals surface area contributed by atoms with Crippen molar-refractivity contribution in [3.63, 3.8) is 0 Å². The van der Waals surface area contributed by atoms with Crippen molar-refractivity contribution >= 4 is 15.5 Å². The van der Waals surface area contributed by atoms with Crippen molar-refractivity contribution in [2.75, 3.05) is 12.8 Å². The molecule has 2 rings (SSSR count). The Bertz CT molecular complexity index is 772. The van der Waals surface area contributed by atoms with Crippen LogP contribution in [0.5, 0.6) is 5.75 Å². The summed E-state index contributed by atoms with van der Waals surface area (Å²) >= 11 is 0. The maximum absolute atomic E-state index is 13.6. The van der Waals surface area contributed by atoms with Gasteiger partial charge < -0.3 is 10.5 Å². The van der Waals surface area contributed by atoms with Crippen LogP contribution in [0, 0.1) is 12.7 Å². The van der Waals surface area contributed by atoms with Crippen LogP contribution in [0.25, 0.3) is 0 Å². The van der Waals surface area contributed by atoms with Gasteiger partial charge in [0.15, 0.2) is 21.4 Å². The van der Waals surface area contributed by atoms with Gasteiger partial charge in [0.1, 0.15) is 0 Å². The van der Waals surface area contributed by atoms with Crippen LogP contribution >= 0.6 is 0 Å². The summed E-state index contributed by atoms with van der Waals surface area (Å²) in [5.74, 6) is -0.839. The van der Waals surface area contributed by atoms with Crippen molar-refractivity contribution in [2.45, 2.75) is 17.6 Å². The van der Waals surface area contributed by atoms with Crippen LogP contribution in [-0.4, -0.2) is 15.5 Å². The van der Waals surface area contributed by atoms with Gasteiger partial charge in [-0.15, -0.1) is 0 Å². The third-order valence-electron chi connectivity index (χ3n) is 3.07. The molecule has 0 saturated heterocycles. The van der Waals surface area contributed by atoms with E-state index in [0.29, 0.717) is 5.56 Å². The van der Waals surface area contributed by atoms with Gasteiger partial charge in [-0.25, -0.2) is 12.8 Å². The summed E-state index contributed by atoms with van der Waals surface area (Å²) in [7, 11) is -2.28. The first-order valence-electron chi connectivity index (χ1n) is 6.25. The van der Waals surface area contributed by atoms with Gasteiger partial charge in [0.2, 0.25) is 0 Å². The third-order valence-corrected chi connectivity index (χ3v) is 4.83. The molecule has 0 fully saturated rings. The maximum atomic E-state index is 13.6. The number of hydrogen-bond donors (Lipinski definition) is 1. The van der Waals surface area contributed by atoms with Crippen LogP contribution in [0.4, 0.5) is 10.1 Å². The summed E-state index contributed by atoms with van der Waals surface area (Å²) in [5.41, 5.74) is 7.18. The van der Waals surface area contributed by atoms with Crippen molar-refractivity contribution in [1.29, 1.82) is 0 Å². The molecule has 21 heavy (non-hydrogen) atoms. The molecule has 2 aromatic carbocycles. The van der Waals surface area contributed by atoms with E-state index >= 15 is 0 Å². The van der Waals surface area contributed by atoms with Gasteiger partial charge in [0.05, 0.1) is 23.4 Å². The minimum atomic E-state index is -3.63. The Hall–Kier alpha value is -2.08. The predicted molar refractivity (Wildman–Crippen MR) is 79.4 cm³/mol. The quantitative estimate of drug-likeness (QED) is 0.882. The van der Waals surface area contributed by atoms with Gasteiger partial charge in [0, 0.05) is 0 Å². The minimum absolute atomic E-state index is 0.0596. The Morgan fingerprint density at radius 3 is 2.48 bits per heavy atom. The summed E-state index contributed by atoms with van der Waals surface area (Å²) in [6.45, 7) is 1.83. The lowest BCUT2D eigenvalue weighted by atomic mass is 10.2. The fourth-order valence-electron chi connectivity index (χ4n) is 2.05. The topological polar surface area (TPSA) is 69.4 Å². The van der Waals surface area contributed by atoms with E-state index in [9.17, 15) is 12.8 Å². The van der Waals surface area contributed by atoms with E-state index in [4.69, 9.17) is 10.5 Å². The Morgan fingerprint density at radius 2 is 1.90 bits per heavy atom. The molecule has 0 bridgehead atoms. The number of nitrogens with two attached hydrogens (primary N) is 1. The number of aryl methyl sites for hydroxylation is 1. The van der Waals surface area contributed by atoms with Crippen LogP contribution < -0.4 is 10.5 Å². The smallest absolute Gasteiger partial charge is 0.184 e. The first-order valence-corrected chi connectivity index (χ1v) is 7.90. The molecule has 0 atom stereocenters. The number of halogens is 1. The Balaban J connectivity index is 2.35. The van der Waals surface area contributed by atoms with Crippen molar-refractivity contribution in [1.82, 2.24) is 0 Å². The first-order chi connectivity index (χ1) is 9.83. The van der Waals surface area contributed by atoms with Crippen molar-refractivity contribution in [2.24, 2.45) is 0 Å². The maximum Gasteiger partial charge on any atom is 0.184 e. The van der Waals surface area contributed by atoms with E-state index in [-0.39, 0.29) is 22.1 Å². The second kappa shape index (κ2) is 5.73. The molecule has 0 aliphatic rings. The van der Waals surface area contributed by atoms with Crippen LogP contribution in [0.2, 0.25) is 0 Å². The molecule has 4 nitrogen and oxygen atoms in total. The molecule has 0 spiro atoms.